The summed E-state index contributed by atoms with van der Waals surface area (Å²) in [4.78, 5) is 17.9. The fraction of sp³-hybridized carbons (Fsp3) is 0.111. The molecule has 1 aliphatic rings. The maximum atomic E-state index is 12.4. The van der Waals surface area contributed by atoms with Gasteiger partial charge in [0.05, 0.1) is 10.6 Å². The van der Waals surface area contributed by atoms with Crippen molar-refractivity contribution >= 4 is 17.2 Å². The first kappa shape index (κ1) is 14.7. The van der Waals surface area contributed by atoms with Gasteiger partial charge in [0, 0.05) is 18.3 Å². The molecule has 0 unspecified atom stereocenters. The molecule has 1 N–H and O–H groups in total. The molecular weight excluding hydrogens is 324 g/mol. The lowest BCUT2D eigenvalue weighted by atomic mass is 10.1. The molecule has 1 aliphatic heterocycles. The molecule has 0 aliphatic carbocycles. The molecule has 1 amide bonds. The number of hydrogen-bond donors (Lipinski definition) is 1. The van der Waals surface area contributed by atoms with E-state index in [9.17, 15) is 4.79 Å². The summed E-state index contributed by atoms with van der Waals surface area (Å²) in [7, 11) is 0. The predicted octanol–water partition coefficient (Wildman–Crippen LogP) is 3.47. The smallest absolute Gasteiger partial charge is 0.251 e. The lowest BCUT2D eigenvalue weighted by Gasteiger charge is -2.09. The fourth-order valence-electron chi connectivity index (χ4n) is 2.53. The first-order chi connectivity index (χ1) is 11.8. The van der Waals surface area contributed by atoms with Crippen molar-refractivity contribution in [2.45, 2.75) is 6.54 Å². The molecule has 0 fully saturated rings. The third-order valence-electron chi connectivity index (χ3n) is 3.72. The molecule has 0 bridgehead atoms. The minimum atomic E-state index is -0.158. The zero-order chi connectivity index (χ0) is 16.4. The second-order valence-electron chi connectivity index (χ2n) is 5.24. The van der Waals surface area contributed by atoms with Crippen molar-refractivity contribution in [3.05, 3.63) is 65.2 Å². The largest absolute Gasteiger partial charge is 0.454 e. The summed E-state index contributed by atoms with van der Waals surface area (Å²) in [6, 6.07) is 13.0. The Kier molecular flexibility index (Phi) is 3.88. The van der Waals surface area contributed by atoms with Crippen LogP contribution in [-0.2, 0) is 6.54 Å². The summed E-state index contributed by atoms with van der Waals surface area (Å²) in [6.45, 7) is 0.606. The van der Waals surface area contributed by atoms with Gasteiger partial charge in [-0.25, -0.2) is 0 Å². The van der Waals surface area contributed by atoms with E-state index in [2.05, 4.69) is 10.3 Å². The highest BCUT2D eigenvalue weighted by molar-refractivity contribution is 7.13. The molecule has 0 saturated carbocycles. The molecule has 120 valence electrons. The number of rotatable bonds is 4. The van der Waals surface area contributed by atoms with Gasteiger partial charge in [0.15, 0.2) is 11.5 Å². The van der Waals surface area contributed by atoms with E-state index in [0.717, 1.165) is 16.1 Å². The average Bonchev–Trinajstić information content (AvgIpc) is 3.30. The number of carbonyl (C=O) groups excluding carboxylic acids is 1. The Morgan fingerprint density at radius 1 is 1.17 bits per heavy atom. The molecule has 5 nitrogen and oxygen atoms in total. The first-order valence-corrected chi connectivity index (χ1v) is 8.35. The van der Waals surface area contributed by atoms with Crippen LogP contribution in [0.15, 0.2) is 54.0 Å². The maximum Gasteiger partial charge on any atom is 0.251 e. The van der Waals surface area contributed by atoms with Gasteiger partial charge in [-0.1, -0.05) is 12.1 Å². The molecule has 0 radical (unpaired) electrons. The molecular formula is C18H14N2O3S. The minimum absolute atomic E-state index is 0.158. The van der Waals surface area contributed by atoms with E-state index in [0.29, 0.717) is 23.6 Å². The number of benzene rings is 1. The van der Waals surface area contributed by atoms with E-state index in [1.165, 1.54) is 0 Å². The number of pyridine rings is 1. The molecule has 3 aromatic rings. The Hall–Kier alpha value is -2.86. The number of aromatic nitrogens is 1. The lowest BCUT2D eigenvalue weighted by Crippen LogP contribution is -2.23. The van der Waals surface area contributed by atoms with Gasteiger partial charge >= 0.3 is 0 Å². The Labute approximate surface area is 142 Å². The lowest BCUT2D eigenvalue weighted by molar-refractivity contribution is 0.0950. The molecule has 3 heterocycles. The van der Waals surface area contributed by atoms with E-state index < -0.39 is 0 Å². The Morgan fingerprint density at radius 3 is 2.96 bits per heavy atom. The van der Waals surface area contributed by atoms with Crippen LogP contribution >= 0.6 is 11.3 Å². The Bertz CT molecular complexity index is 878. The molecule has 0 spiro atoms. The summed E-state index contributed by atoms with van der Waals surface area (Å²) >= 11 is 1.63. The maximum absolute atomic E-state index is 12.4. The first-order valence-electron chi connectivity index (χ1n) is 7.47. The fourth-order valence-corrected chi connectivity index (χ4v) is 3.29. The number of nitrogens with zero attached hydrogens (tertiary/aromatic N) is 1. The van der Waals surface area contributed by atoms with Crippen LogP contribution in [0.4, 0.5) is 0 Å². The van der Waals surface area contributed by atoms with Crippen molar-refractivity contribution in [1.82, 2.24) is 10.3 Å². The van der Waals surface area contributed by atoms with Gasteiger partial charge in [-0.15, -0.1) is 11.3 Å². The van der Waals surface area contributed by atoms with Crippen LogP contribution in [-0.4, -0.2) is 17.7 Å². The summed E-state index contributed by atoms with van der Waals surface area (Å²) < 4.78 is 10.6. The third kappa shape index (κ3) is 2.83. The molecule has 24 heavy (non-hydrogen) atoms. The number of ether oxygens (including phenoxy) is 2. The van der Waals surface area contributed by atoms with Crippen molar-refractivity contribution in [3.8, 4) is 22.1 Å². The van der Waals surface area contributed by atoms with Crippen LogP contribution in [0, 0.1) is 0 Å². The van der Waals surface area contributed by atoms with E-state index in [1.807, 2.05) is 29.6 Å². The third-order valence-corrected chi connectivity index (χ3v) is 4.60. The van der Waals surface area contributed by atoms with Crippen molar-refractivity contribution in [1.29, 1.82) is 0 Å². The molecule has 0 saturated heterocycles. The molecule has 0 atom stereocenters. The standard InChI is InChI=1S/C18H14N2O3S/c21-18(12-5-6-14-15(9-12)23-11-22-14)20-10-13-3-1-7-19-17(13)16-4-2-8-24-16/h1-9H,10-11H2,(H,20,21). The van der Waals surface area contributed by atoms with Crippen LogP contribution in [0.5, 0.6) is 11.5 Å². The van der Waals surface area contributed by atoms with Crippen LogP contribution < -0.4 is 14.8 Å². The van der Waals surface area contributed by atoms with Crippen LogP contribution in [0.2, 0.25) is 0 Å². The minimum Gasteiger partial charge on any atom is -0.454 e. The molecule has 6 heteroatoms. The van der Waals surface area contributed by atoms with Crippen LogP contribution in [0.25, 0.3) is 10.6 Å². The summed E-state index contributed by atoms with van der Waals surface area (Å²) in [6.07, 6.45) is 1.76. The monoisotopic (exact) mass is 338 g/mol. The van der Waals surface area contributed by atoms with Gasteiger partial charge in [-0.3, -0.25) is 9.78 Å². The van der Waals surface area contributed by atoms with Crippen molar-refractivity contribution in [3.63, 3.8) is 0 Å². The van der Waals surface area contributed by atoms with E-state index in [-0.39, 0.29) is 12.7 Å². The van der Waals surface area contributed by atoms with Crippen molar-refractivity contribution < 1.29 is 14.3 Å². The Balaban J connectivity index is 1.50. The summed E-state index contributed by atoms with van der Waals surface area (Å²) in [5.41, 5.74) is 2.42. The van der Waals surface area contributed by atoms with Crippen molar-refractivity contribution in [2.75, 3.05) is 6.79 Å². The average molecular weight is 338 g/mol. The van der Waals surface area contributed by atoms with Gasteiger partial charge in [0.25, 0.3) is 5.91 Å². The summed E-state index contributed by atoms with van der Waals surface area (Å²) in [5, 5.41) is 4.95. The second-order valence-corrected chi connectivity index (χ2v) is 6.19. The number of fused-ring (bicyclic) bond motifs is 1. The van der Waals surface area contributed by atoms with E-state index in [1.54, 1.807) is 35.7 Å². The van der Waals surface area contributed by atoms with E-state index in [4.69, 9.17) is 9.47 Å². The second kappa shape index (κ2) is 6.33. The highest BCUT2D eigenvalue weighted by atomic mass is 32.1. The quantitative estimate of drug-likeness (QED) is 0.791. The number of carbonyl (C=O) groups is 1. The van der Waals surface area contributed by atoms with Gasteiger partial charge < -0.3 is 14.8 Å². The Morgan fingerprint density at radius 2 is 2.08 bits per heavy atom. The number of amides is 1. The van der Waals surface area contributed by atoms with Crippen LogP contribution in [0.3, 0.4) is 0 Å². The summed E-state index contributed by atoms with van der Waals surface area (Å²) in [5.74, 6) is 1.11. The number of hydrogen-bond acceptors (Lipinski definition) is 5. The van der Waals surface area contributed by atoms with Crippen LogP contribution in [0.1, 0.15) is 15.9 Å². The zero-order valence-electron chi connectivity index (χ0n) is 12.7. The molecule has 4 rings (SSSR count). The molecule has 1 aromatic carbocycles. The van der Waals surface area contributed by atoms with Gasteiger partial charge in [-0.2, -0.15) is 0 Å². The SMILES string of the molecule is O=C(NCc1cccnc1-c1cccs1)c1ccc2c(c1)OCO2. The van der Waals surface area contributed by atoms with Gasteiger partial charge in [0.1, 0.15) is 0 Å². The normalized spacial score (nSPS) is 12.2. The predicted molar refractivity (Wildman–Crippen MR) is 91.3 cm³/mol. The highest BCUT2D eigenvalue weighted by Crippen LogP contribution is 2.32. The number of nitrogens with one attached hydrogen (secondary N) is 1. The van der Waals surface area contributed by atoms with Gasteiger partial charge in [-0.05, 0) is 41.3 Å². The van der Waals surface area contributed by atoms with Crippen molar-refractivity contribution in [2.24, 2.45) is 0 Å². The zero-order valence-corrected chi connectivity index (χ0v) is 13.5. The van der Waals surface area contributed by atoms with E-state index >= 15 is 0 Å². The highest BCUT2D eigenvalue weighted by Gasteiger charge is 2.16. The number of thiophene rings is 1. The molecule has 2 aromatic heterocycles. The topological polar surface area (TPSA) is 60.5 Å². The van der Waals surface area contributed by atoms with Gasteiger partial charge in [0.2, 0.25) is 6.79 Å².